The molecule has 1 fully saturated rings. The standard InChI is InChI=1S/C23H25ClF2N5OSi/c1-30(21-9-17(22(25)26)19(24)11-28-21)23-18-10-27-8-7-20(18)31(29-23)33-13-16(14-33)32-12-15-5-3-2-4-6-15/h2-6,9,11,16,22,27H,7-8,10,12-14H2,1H3. The first-order chi connectivity index (χ1) is 16.0. The number of aromatic nitrogens is 3. The highest BCUT2D eigenvalue weighted by atomic mass is 35.5. The number of nitrogens with one attached hydrogen (secondary N) is 1. The van der Waals surface area contributed by atoms with Crippen molar-refractivity contribution in [2.75, 3.05) is 18.5 Å². The van der Waals surface area contributed by atoms with Crippen molar-refractivity contribution < 1.29 is 13.5 Å². The van der Waals surface area contributed by atoms with Gasteiger partial charge in [-0.15, -0.1) is 0 Å². The van der Waals surface area contributed by atoms with Crippen molar-refractivity contribution in [2.45, 2.75) is 44.2 Å². The smallest absolute Gasteiger partial charge is 0.265 e. The second-order valence-electron chi connectivity index (χ2n) is 8.40. The summed E-state index contributed by atoms with van der Waals surface area (Å²) in [6, 6.07) is 13.6. The zero-order chi connectivity index (χ0) is 22.9. The number of hydrogen-bond acceptors (Lipinski definition) is 5. The molecule has 0 spiro atoms. The van der Waals surface area contributed by atoms with Crippen LogP contribution in [0.4, 0.5) is 20.4 Å². The van der Waals surface area contributed by atoms with Crippen molar-refractivity contribution in [3.63, 3.8) is 0 Å². The minimum atomic E-state index is -2.66. The molecule has 1 aromatic carbocycles. The fourth-order valence-corrected chi connectivity index (χ4v) is 6.87. The van der Waals surface area contributed by atoms with E-state index in [0.717, 1.165) is 36.4 Å². The number of ether oxygens (including phenoxy) is 1. The number of alkyl halides is 2. The molecule has 0 bridgehead atoms. The van der Waals surface area contributed by atoms with Gasteiger partial charge < -0.3 is 15.0 Å². The van der Waals surface area contributed by atoms with Gasteiger partial charge in [0.15, 0.2) is 5.82 Å². The van der Waals surface area contributed by atoms with Gasteiger partial charge in [-0.05, 0) is 23.7 Å². The molecule has 6 nitrogen and oxygen atoms in total. The third-order valence-electron chi connectivity index (χ3n) is 6.23. The third kappa shape index (κ3) is 4.55. The van der Waals surface area contributed by atoms with E-state index in [9.17, 15) is 8.78 Å². The summed E-state index contributed by atoms with van der Waals surface area (Å²) >= 11 is 5.91. The van der Waals surface area contributed by atoms with Crippen LogP contribution in [-0.2, 0) is 24.3 Å². The van der Waals surface area contributed by atoms with Crippen LogP contribution in [0.25, 0.3) is 0 Å². The number of halogens is 3. The average Bonchev–Trinajstić information content (AvgIpc) is 3.18. The van der Waals surface area contributed by atoms with Gasteiger partial charge in [0.2, 0.25) is 8.96 Å². The monoisotopic (exact) mass is 488 g/mol. The number of anilines is 2. The lowest BCUT2D eigenvalue weighted by Gasteiger charge is -2.34. The third-order valence-corrected chi connectivity index (χ3v) is 9.37. The summed E-state index contributed by atoms with van der Waals surface area (Å²) in [4.78, 5) is 6.07. The Morgan fingerprint density at radius 1 is 1.30 bits per heavy atom. The van der Waals surface area contributed by atoms with Crippen molar-refractivity contribution >= 4 is 32.2 Å². The van der Waals surface area contributed by atoms with Gasteiger partial charge >= 0.3 is 0 Å². The predicted octanol–water partition coefficient (Wildman–Crippen LogP) is 4.72. The molecule has 0 unspecified atom stereocenters. The topological polar surface area (TPSA) is 55.2 Å². The van der Waals surface area contributed by atoms with Crippen LogP contribution in [0.5, 0.6) is 0 Å². The Balaban J connectivity index is 1.34. The van der Waals surface area contributed by atoms with E-state index in [1.165, 1.54) is 23.5 Å². The molecule has 2 aliphatic heterocycles. The maximum atomic E-state index is 13.3. The molecule has 0 atom stereocenters. The highest BCUT2D eigenvalue weighted by Crippen LogP contribution is 2.36. The molecular weight excluding hydrogens is 464 g/mol. The summed E-state index contributed by atoms with van der Waals surface area (Å²) < 4.78 is 35.0. The van der Waals surface area contributed by atoms with E-state index < -0.39 is 15.4 Å². The van der Waals surface area contributed by atoms with Crippen molar-refractivity contribution in [3.05, 3.63) is 70.0 Å². The van der Waals surface area contributed by atoms with E-state index in [0.29, 0.717) is 19.0 Å². The normalized spacial score (nSPS) is 16.6. The lowest BCUT2D eigenvalue weighted by atomic mass is 10.1. The highest BCUT2D eigenvalue weighted by Gasteiger charge is 2.38. The van der Waals surface area contributed by atoms with Crippen molar-refractivity contribution in [1.82, 2.24) is 19.7 Å². The first-order valence-electron chi connectivity index (χ1n) is 11.0. The summed E-state index contributed by atoms with van der Waals surface area (Å²) in [5.41, 5.74) is 3.33. The lowest BCUT2D eigenvalue weighted by Crippen LogP contribution is -2.45. The molecular formula is C23H25ClF2N5OSi. The SMILES string of the molecule is CN(c1cc(C(F)F)c(Cl)cn1)c1nn([Si]2CC(OCc3ccccc3)C2)c2c1CNCC2. The molecule has 173 valence electrons. The Hall–Kier alpha value is -2.33. The molecule has 2 aromatic heterocycles. The first kappa shape index (κ1) is 22.5. The molecule has 10 heteroatoms. The number of pyridine rings is 1. The van der Waals surface area contributed by atoms with Gasteiger partial charge in [-0.3, -0.25) is 4.35 Å². The predicted molar refractivity (Wildman–Crippen MR) is 126 cm³/mol. The average molecular weight is 489 g/mol. The maximum absolute atomic E-state index is 13.3. The Morgan fingerprint density at radius 2 is 2.09 bits per heavy atom. The summed E-state index contributed by atoms with van der Waals surface area (Å²) in [6.45, 7) is 2.23. The number of nitrogens with zero attached hydrogens (tertiary/aromatic N) is 4. The molecule has 2 aliphatic rings. The Labute approximate surface area is 198 Å². The summed E-state index contributed by atoms with van der Waals surface area (Å²) in [5.74, 6) is 1.17. The summed E-state index contributed by atoms with van der Waals surface area (Å²) in [7, 11) is 0.942. The van der Waals surface area contributed by atoms with Crippen molar-refractivity contribution in [1.29, 1.82) is 0 Å². The van der Waals surface area contributed by atoms with E-state index in [1.54, 1.807) is 4.90 Å². The minimum Gasteiger partial charge on any atom is -0.374 e. The molecule has 0 saturated carbocycles. The van der Waals surface area contributed by atoms with E-state index in [4.69, 9.17) is 21.4 Å². The van der Waals surface area contributed by atoms with Crippen LogP contribution in [0.2, 0.25) is 17.1 Å². The molecule has 1 saturated heterocycles. The van der Waals surface area contributed by atoms with Gasteiger partial charge in [-0.2, -0.15) is 5.10 Å². The zero-order valence-electron chi connectivity index (χ0n) is 18.3. The Kier molecular flexibility index (Phi) is 6.46. The van der Waals surface area contributed by atoms with E-state index in [1.807, 2.05) is 25.2 Å². The molecule has 4 heterocycles. The highest BCUT2D eigenvalue weighted by molar-refractivity contribution is 6.60. The number of benzene rings is 1. The molecule has 3 aromatic rings. The largest absolute Gasteiger partial charge is 0.374 e. The van der Waals surface area contributed by atoms with Crippen LogP contribution >= 0.6 is 11.6 Å². The number of fused-ring (bicyclic) bond motifs is 1. The van der Waals surface area contributed by atoms with E-state index >= 15 is 0 Å². The molecule has 1 radical (unpaired) electrons. The van der Waals surface area contributed by atoms with Crippen LogP contribution in [0, 0.1) is 0 Å². The molecule has 5 rings (SSSR count). The number of rotatable bonds is 7. The quantitative estimate of drug-likeness (QED) is 0.488. The van der Waals surface area contributed by atoms with Crippen LogP contribution in [0.1, 0.15) is 28.8 Å². The molecule has 33 heavy (non-hydrogen) atoms. The Bertz CT molecular complexity index is 1120. The van der Waals surface area contributed by atoms with Crippen LogP contribution < -0.4 is 10.2 Å². The zero-order valence-corrected chi connectivity index (χ0v) is 20.0. The van der Waals surface area contributed by atoms with Crippen molar-refractivity contribution in [2.24, 2.45) is 0 Å². The molecule has 0 aliphatic carbocycles. The van der Waals surface area contributed by atoms with E-state index in [-0.39, 0.29) is 16.7 Å². The summed E-state index contributed by atoms with van der Waals surface area (Å²) in [6.07, 6.45) is -0.220. The maximum Gasteiger partial charge on any atom is 0.265 e. The minimum absolute atomic E-state index is 0.0298. The second-order valence-corrected chi connectivity index (χ2v) is 11.2. The number of hydrogen-bond donors (Lipinski definition) is 1. The first-order valence-corrected chi connectivity index (χ1v) is 13.2. The lowest BCUT2D eigenvalue weighted by molar-refractivity contribution is 0.0522. The van der Waals surface area contributed by atoms with Crippen molar-refractivity contribution in [3.8, 4) is 0 Å². The fraction of sp³-hybridized carbons (Fsp3) is 0.391. The van der Waals surface area contributed by atoms with Gasteiger partial charge in [-0.1, -0.05) is 41.9 Å². The molecule has 0 amide bonds. The second kappa shape index (κ2) is 9.50. The van der Waals surface area contributed by atoms with Crippen LogP contribution in [-0.4, -0.2) is 43.1 Å². The molecule has 1 N–H and O–H groups in total. The van der Waals surface area contributed by atoms with Gasteiger partial charge in [0.05, 0.1) is 17.7 Å². The van der Waals surface area contributed by atoms with Gasteiger partial charge in [0, 0.05) is 49.6 Å². The summed E-state index contributed by atoms with van der Waals surface area (Å²) in [5, 5.41) is 8.35. The Morgan fingerprint density at radius 3 is 2.85 bits per heavy atom. The van der Waals surface area contributed by atoms with Crippen LogP contribution in [0.15, 0.2) is 42.6 Å². The van der Waals surface area contributed by atoms with Gasteiger partial charge in [-0.25, -0.2) is 13.8 Å². The van der Waals surface area contributed by atoms with E-state index in [2.05, 4.69) is 26.8 Å². The fourth-order valence-electron chi connectivity index (χ4n) is 4.31. The van der Waals surface area contributed by atoms with Gasteiger partial charge in [0.25, 0.3) is 6.43 Å². The van der Waals surface area contributed by atoms with Crippen LogP contribution in [0.3, 0.4) is 0 Å². The van der Waals surface area contributed by atoms with Gasteiger partial charge in [0.1, 0.15) is 5.82 Å².